The Morgan fingerprint density at radius 1 is 1.47 bits per heavy atom. The second kappa shape index (κ2) is 7.52. The van der Waals surface area contributed by atoms with Gasteiger partial charge in [0.2, 0.25) is 0 Å². The van der Waals surface area contributed by atoms with Crippen molar-refractivity contribution in [2.45, 2.75) is 19.6 Å². The van der Waals surface area contributed by atoms with Gasteiger partial charge in [0.05, 0.1) is 12.6 Å². The van der Waals surface area contributed by atoms with Gasteiger partial charge in [0.1, 0.15) is 5.75 Å². The van der Waals surface area contributed by atoms with E-state index in [0.29, 0.717) is 5.56 Å². The van der Waals surface area contributed by atoms with E-state index in [0.717, 1.165) is 0 Å². The quantitative estimate of drug-likeness (QED) is 0.738. The molecule has 19 heavy (non-hydrogen) atoms. The average Bonchev–Trinajstić information content (AvgIpc) is 2.35. The van der Waals surface area contributed by atoms with E-state index in [1.165, 1.54) is 12.1 Å². The van der Waals surface area contributed by atoms with Crippen molar-refractivity contribution in [2.24, 2.45) is 0 Å². The molecule has 0 fully saturated rings. The fraction of sp³-hybridized carbons (Fsp3) is 0.417. The molecule has 0 spiro atoms. The zero-order valence-corrected chi connectivity index (χ0v) is 10.4. The number of carbonyl (C=O) groups excluding carboxylic acids is 1. The number of amides is 2. The van der Waals surface area contributed by atoms with E-state index in [2.05, 4.69) is 15.4 Å². The smallest absolute Gasteiger partial charge is 0.387 e. The molecule has 5 nitrogen and oxygen atoms in total. The Morgan fingerprint density at radius 2 is 2.21 bits per heavy atom. The van der Waals surface area contributed by atoms with Crippen LogP contribution in [0, 0.1) is 0 Å². The molecule has 3 N–H and O–H groups in total. The number of hydrogen-bond acceptors (Lipinski definition) is 3. The number of ether oxygens (including phenoxy) is 1. The largest absolute Gasteiger partial charge is 0.435 e. The van der Waals surface area contributed by atoms with Crippen LogP contribution < -0.4 is 15.4 Å². The first-order valence-corrected chi connectivity index (χ1v) is 5.73. The average molecular weight is 274 g/mol. The van der Waals surface area contributed by atoms with Crippen LogP contribution in [0.2, 0.25) is 0 Å². The van der Waals surface area contributed by atoms with E-state index in [1.54, 1.807) is 19.1 Å². The zero-order valence-electron chi connectivity index (χ0n) is 10.4. The van der Waals surface area contributed by atoms with E-state index in [-0.39, 0.29) is 24.9 Å². The number of alkyl halides is 2. The summed E-state index contributed by atoms with van der Waals surface area (Å²) in [5.41, 5.74) is 0.636. The minimum absolute atomic E-state index is 0.0388. The molecule has 7 heteroatoms. The Kier molecular flexibility index (Phi) is 6.01. The minimum Gasteiger partial charge on any atom is -0.435 e. The monoisotopic (exact) mass is 274 g/mol. The first-order valence-electron chi connectivity index (χ1n) is 5.73. The Morgan fingerprint density at radius 3 is 2.84 bits per heavy atom. The van der Waals surface area contributed by atoms with Crippen LogP contribution in [0.1, 0.15) is 18.5 Å². The molecule has 1 atom stereocenters. The number of aliphatic hydroxyl groups is 1. The number of halogens is 2. The molecule has 0 aliphatic carbocycles. The second-order valence-corrected chi connectivity index (χ2v) is 3.80. The van der Waals surface area contributed by atoms with Crippen molar-refractivity contribution < 1.29 is 23.4 Å². The van der Waals surface area contributed by atoms with Crippen molar-refractivity contribution in [3.05, 3.63) is 29.8 Å². The number of urea groups is 1. The highest BCUT2D eigenvalue weighted by Crippen LogP contribution is 2.20. The van der Waals surface area contributed by atoms with Crippen LogP contribution in [0.4, 0.5) is 13.6 Å². The fourth-order valence-electron chi connectivity index (χ4n) is 1.46. The van der Waals surface area contributed by atoms with Crippen LogP contribution in [0.25, 0.3) is 0 Å². The molecule has 1 aromatic carbocycles. The zero-order chi connectivity index (χ0) is 14.3. The molecule has 106 valence electrons. The van der Waals surface area contributed by atoms with E-state index >= 15 is 0 Å². The van der Waals surface area contributed by atoms with Gasteiger partial charge in [0.15, 0.2) is 0 Å². The number of hydrogen-bond donors (Lipinski definition) is 3. The van der Waals surface area contributed by atoms with Crippen LogP contribution in [0.3, 0.4) is 0 Å². The Labute approximate surface area is 109 Å². The van der Waals surface area contributed by atoms with Gasteiger partial charge in [-0.3, -0.25) is 0 Å². The van der Waals surface area contributed by atoms with Crippen molar-refractivity contribution in [1.82, 2.24) is 10.6 Å². The van der Waals surface area contributed by atoms with Crippen LogP contribution in [-0.2, 0) is 0 Å². The Balaban J connectivity index is 2.61. The van der Waals surface area contributed by atoms with Gasteiger partial charge in [-0.1, -0.05) is 12.1 Å². The highest BCUT2D eigenvalue weighted by molar-refractivity contribution is 5.74. The summed E-state index contributed by atoms with van der Waals surface area (Å²) in [5, 5.41) is 13.6. The lowest BCUT2D eigenvalue weighted by Crippen LogP contribution is -2.38. The van der Waals surface area contributed by atoms with Gasteiger partial charge >= 0.3 is 12.6 Å². The molecule has 1 unspecified atom stereocenters. The third kappa shape index (κ3) is 5.52. The van der Waals surface area contributed by atoms with Gasteiger partial charge in [-0.2, -0.15) is 8.78 Å². The summed E-state index contributed by atoms with van der Waals surface area (Å²) in [6.07, 6.45) is 0. The summed E-state index contributed by atoms with van der Waals surface area (Å²) in [4.78, 5) is 11.4. The lowest BCUT2D eigenvalue weighted by molar-refractivity contribution is -0.0499. The molecule has 0 heterocycles. The van der Waals surface area contributed by atoms with Gasteiger partial charge in [-0.15, -0.1) is 0 Å². The second-order valence-electron chi connectivity index (χ2n) is 3.80. The van der Waals surface area contributed by atoms with Crippen molar-refractivity contribution in [3.8, 4) is 5.75 Å². The fourth-order valence-corrected chi connectivity index (χ4v) is 1.46. The molecule has 0 aliphatic rings. The number of aliphatic hydroxyl groups excluding tert-OH is 1. The third-order valence-electron chi connectivity index (χ3n) is 2.33. The van der Waals surface area contributed by atoms with Gasteiger partial charge in [-0.05, 0) is 24.6 Å². The summed E-state index contributed by atoms with van der Waals surface area (Å²) >= 11 is 0. The van der Waals surface area contributed by atoms with E-state index in [9.17, 15) is 13.6 Å². The predicted molar refractivity (Wildman–Crippen MR) is 65.1 cm³/mol. The summed E-state index contributed by atoms with van der Waals surface area (Å²) in [6, 6.07) is 5.28. The van der Waals surface area contributed by atoms with Crippen LogP contribution in [0.5, 0.6) is 5.75 Å². The topological polar surface area (TPSA) is 70.6 Å². The third-order valence-corrected chi connectivity index (χ3v) is 2.33. The number of carbonyl (C=O) groups is 1. The number of benzene rings is 1. The van der Waals surface area contributed by atoms with E-state index in [1.807, 2.05) is 0 Å². The van der Waals surface area contributed by atoms with E-state index < -0.39 is 12.6 Å². The maximum absolute atomic E-state index is 12.1. The Bertz CT molecular complexity index is 416. The highest BCUT2D eigenvalue weighted by atomic mass is 19.3. The summed E-state index contributed by atoms with van der Waals surface area (Å²) in [6.45, 7) is -1.18. The van der Waals surface area contributed by atoms with Crippen molar-refractivity contribution in [2.75, 3.05) is 13.2 Å². The van der Waals surface area contributed by atoms with Crippen LogP contribution in [0.15, 0.2) is 24.3 Å². The van der Waals surface area contributed by atoms with Gasteiger partial charge in [0, 0.05) is 6.54 Å². The first-order chi connectivity index (χ1) is 9.02. The maximum atomic E-state index is 12.1. The number of nitrogens with one attached hydrogen (secondary N) is 2. The summed E-state index contributed by atoms with van der Waals surface area (Å²) < 4.78 is 28.4. The standard InChI is InChI=1S/C12H16F2N2O3/c1-8(16-12(18)15-5-6-17)9-3-2-4-10(7-9)19-11(13)14/h2-4,7-8,11,17H,5-6H2,1H3,(H2,15,16,18). The summed E-state index contributed by atoms with van der Waals surface area (Å²) in [7, 11) is 0. The molecular weight excluding hydrogens is 258 g/mol. The SMILES string of the molecule is CC(NC(=O)NCCO)c1cccc(OC(F)F)c1. The molecule has 0 bridgehead atoms. The Hall–Kier alpha value is -1.89. The molecule has 0 aliphatic heterocycles. The van der Waals surface area contributed by atoms with Gasteiger partial charge < -0.3 is 20.5 Å². The highest BCUT2D eigenvalue weighted by Gasteiger charge is 2.11. The van der Waals surface area contributed by atoms with Gasteiger partial charge in [0.25, 0.3) is 0 Å². The van der Waals surface area contributed by atoms with E-state index in [4.69, 9.17) is 5.11 Å². The number of rotatable bonds is 6. The molecule has 2 amide bonds. The molecule has 0 aromatic heterocycles. The van der Waals surface area contributed by atoms with Crippen molar-refractivity contribution in [1.29, 1.82) is 0 Å². The van der Waals surface area contributed by atoms with Gasteiger partial charge in [-0.25, -0.2) is 4.79 Å². The lowest BCUT2D eigenvalue weighted by Gasteiger charge is -2.15. The molecular formula is C12H16F2N2O3. The molecule has 1 rings (SSSR count). The molecule has 0 saturated heterocycles. The maximum Gasteiger partial charge on any atom is 0.387 e. The molecule has 1 aromatic rings. The van der Waals surface area contributed by atoms with Crippen LogP contribution in [-0.4, -0.2) is 30.9 Å². The summed E-state index contributed by atoms with van der Waals surface area (Å²) in [5.74, 6) is 0.0388. The minimum atomic E-state index is -2.88. The van der Waals surface area contributed by atoms with Crippen molar-refractivity contribution in [3.63, 3.8) is 0 Å². The van der Waals surface area contributed by atoms with Crippen LogP contribution >= 0.6 is 0 Å². The molecule has 0 saturated carbocycles. The molecule has 0 radical (unpaired) electrons. The predicted octanol–water partition coefficient (Wildman–Crippen LogP) is 1.64. The normalized spacial score (nSPS) is 12.1. The van der Waals surface area contributed by atoms with Crippen molar-refractivity contribution >= 4 is 6.03 Å². The first kappa shape index (κ1) is 15.2. The lowest BCUT2D eigenvalue weighted by atomic mass is 10.1.